The van der Waals surface area contributed by atoms with Crippen LogP contribution in [0.1, 0.15) is 380 Å². The second-order valence-electron chi connectivity index (χ2n) is 23.5. The minimum atomic E-state index is -0.663. The van der Waals surface area contributed by atoms with Gasteiger partial charge in [0.25, 0.3) is 0 Å². The fourth-order valence-corrected chi connectivity index (χ4v) is 10.8. The summed E-state index contributed by atoms with van der Waals surface area (Å²) in [6.45, 7) is 4.95. The molecule has 6 heteroatoms. The summed E-state index contributed by atoms with van der Waals surface area (Å²) in [6.07, 6.45) is 80.7. The van der Waals surface area contributed by atoms with Crippen LogP contribution in [-0.4, -0.2) is 47.4 Å². The van der Waals surface area contributed by atoms with E-state index in [4.69, 9.17) is 4.74 Å². The maximum absolute atomic E-state index is 12.5. The van der Waals surface area contributed by atoms with Crippen LogP contribution in [-0.2, 0) is 14.3 Å². The number of carbonyl (C=O) groups is 2. The molecule has 0 saturated heterocycles. The molecule has 0 aromatic heterocycles. The molecule has 0 aromatic carbocycles. The Morgan fingerprint density at radius 2 is 0.667 bits per heavy atom. The summed E-state index contributed by atoms with van der Waals surface area (Å²) < 4.78 is 5.48. The fraction of sp³-hybridized carbons (Fsp3) is 0.913. The van der Waals surface area contributed by atoms with E-state index in [0.717, 1.165) is 51.4 Å². The number of esters is 1. The van der Waals surface area contributed by atoms with Gasteiger partial charge in [0.1, 0.15) is 0 Å². The van der Waals surface area contributed by atoms with E-state index in [2.05, 4.69) is 43.5 Å². The van der Waals surface area contributed by atoms with Gasteiger partial charge >= 0.3 is 5.97 Å². The standard InChI is InChI=1S/C69H133NO5/c1-3-5-7-9-11-13-15-17-19-20-30-34-37-41-45-49-53-57-61-67(72)66(65-71)70-68(73)62-58-54-50-46-42-38-35-31-28-26-24-22-21-23-25-27-29-32-36-40-44-48-52-56-60-64-75-69(74)63-59-55-51-47-43-39-33-18-16-14-12-10-8-6-4-2/h12,14,18,33,66-67,71-72H,3-11,13,15-17,19-32,34-65H2,1-2H3,(H,70,73)/b14-12-,33-18-. The first-order valence-corrected chi connectivity index (χ1v) is 34.1. The average Bonchev–Trinajstić information content (AvgIpc) is 3.41. The number of amides is 1. The van der Waals surface area contributed by atoms with E-state index in [1.165, 1.54) is 295 Å². The summed E-state index contributed by atoms with van der Waals surface area (Å²) in [5, 5.41) is 23.4. The second-order valence-corrected chi connectivity index (χ2v) is 23.5. The number of nitrogens with one attached hydrogen (secondary N) is 1. The number of hydrogen-bond acceptors (Lipinski definition) is 5. The topological polar surface area (TPSA) is 95.9 Å². The Bertz CT molecular complexity index is 1170. The molecule has 0 spiro atoms. The fourth-order valence-electron chi connectivity index (χ4n) is 10.8. The van der Waals surface area contributed by atoms with Crippen molar-refractivity contribution in [2.75, 3.05) is 13.2 Å². The number of ether oxygens (including phenoxy) is 1. The number of carbonyl (C=O) groups excluding carboxylic acids is 2. The van der Waals surface area contributed by atoms with Gasteiger partial charge < -0.3 is 20.3 Å². The van der Waals surface area contributed by atoms with E-state index < -0.39 is 12.1 Å². The number of aliphatic hydroxyl groups is 2. The number of allylic oxidation sites excluding steroid dienone is 4. The smallest absolute Gasteiger partial charge is 0.305 e. The molecule has 444 valence electrons. The molecule has 0 radical (unpaired) electrons. The molecule has 0 aliphatic carbocycles. The third-order valence-corrected chi connectivity index (χ3v) is 16.0. The predicted octanol–water partition coefficient (Wildman–Crippen LogP) is 21.8. The van der Waals surface area contributed by atoms with E-state index in [1.807, 2.05) is 0 Å². The van der Waals surface area contributed by atoms with E-state index in [0.29, 0.717) is 25.9 Å². The highest BCUT2D eigenvalue weighted by molar-refractivity contribution is 5.76. The molecule has 0 fully saturated rings. The monoisotopic (exact) mass is 1060 g/mol. The summed E-state index contributed by atoms with van der Waals surface area (Å²) in [5.41, 5.74) is 0. The predicted molar refractivity (Wildman–Crippen MR) is 329 cm³/mol. The quantitative estimate of drug-likeness (QED) is 0.0320. The van der Waals surface area contributed by atoms with Crippen molar-refractivity contribution in [3.8, 4) is 0 Å². The lowest BCUT2D eigenvalue weighted by Gasteiger charge is -2.22. The van der Waals surface area contributed by atoms with Crippen LogP contribution in [0.3, 0.4) is 0 Å². The van der Waals surface area contributed by atoms with Crippen molar-refractivity contribution < 1.29 is 24.5 Å². The molecule has 0 rings (SSSR count). The normalized spacial score (nSPS) is 12.6. The SMILES string of the molecule is CCCCC/C=C\C/C=C\CCCCCCCC(=O)OCCCCCCCCCCCCCCCCCCCCCCCCCCCC(=O)NC(CO)C(O)CCCCCCCCCCCCCCCCCCCC. The average molecular weight is 1060 g/mol. The van der Waals surface area contributed by atoms with E-state index in [1.54, 1.807) is 0 Å². The van der Waals surface area contributed by atoms with Crippen LogP contribution in [0, 0.1) is 0 Å². The first-order chi connectivity index (χ1) is 37.0. The zero-order valence-electron chi connectivity index (χ0n) is 50.8. The molecule has 0 aliphatic rings. The highest BCUT2D eigenvalue weighted by atomic mass is 16.5. The Kier molecular flexibility index (Phi) is 63.4. The molecule has 0 saturated carbocycles. The molecule has 2 atom stereocenters. The van der Waals surface area contributed by atoms with Crippen molar-refractivity contribution >= 4 is 11.9 Å². The van der Waals surface area contributed by atoms with Gasteiger partial charge in [-0.15, -0.1) is 0 Å². The van der Waals surface area contributed by atoms with E-state index in [9.17, 15) is 19.8 Å². The molecule has 3 N–H and O–H groups in total. The summed E-state index contributed by atoms with van der Waals surface area (Å²) >= 11 is 0. The minimum Gasteiger partial charge on any atom is -0.466 e. The van der Waals surface area contributed by atoms with Crippen molar-refractivity contribution in [2.45, 2.75) is 392 Å². The third-order valence-electron chi connectivity index (χ3n) is 16.0. The molecule has 0 bridgehead atoms. The summed E-state index contributed by atoms with van der Waals surface area (Å²) in [6, 6.07) is -0.540. The number of unbranched alkanes of at least 4 members (excludes halogenated alkanes) is 49. The number of rotatable bonds is 64. The lowest BCUT2D eigenvalue weighted by atomic mass is 10.0. The second kappa shape index (κ2) is 64.9. The van der Waals surface area contributed by atoms with E-state index in [-0.39, 0.29) is 18.5 Å². The van der Waals surface area contributed by atoms with E-state index >= 15 is 0 Å². The lowest BCUT2D eigenvalue weighted by Crippen LogP contribution is -2.45. The molecule has 75 heavy (non-hydrogen) atoms. The Morgan fingerprint density at radius 1 is 0.373 bits per heavy atom. The van der Waals surface area contributed by atoms with Crippen molar-refractivity contribution in [1.82, 2.24) is 5.32 Å². The Morgan fingerprint density at radius 3 is 1.04 bits per heavy atom. The van der Waals surface area contributed by atoms with Gasteiger partial charge in [-0.3, -0.25) is 9.59 Å². The van der Waals surface area contributed by atoms with Gasteiger partial charge in [-0.05, 0) is 57.8 Å². The maximum Gasteiger partial charge on any atom is 0.305 e. The zero-order chi connectivity index (χ0) is 54.3. The molecule has 1 amide bonds. The molecule has 6 nitrogen and oxygen atoms in total. The molecule has 0 aliphatic heterocycles. The van der Waals surface area contributed by atoms with Crippen LogP contribution >= 0.6 is 0 Å². The van der Waals surface area contributed by atoms with Gasteiger partial charge in [0, 0.05) is 12.8 Å². The number of hydrogen-bond donors (Lipinski definition) is 3. The lowest BCUT2D eigenvalue weighted by molar-refractivity contribution is -0.143. The molecular weight excluding hydrogens is 923 g/mol. The van der Waals surface area contributed by atoms with Crippen molar-refractivity contribution in [3.63, 3.8) is 0 Å². The van der Waals surface area contributed by atoms with Crippen LogP contribution in [0.15, 0.2) is 24.3 Å². The highest BCUT2D eigenvalue weighted by Crippen LogP contribution is 2.19. The maximum atomic E-state index is 12.5. The molecule has 0 aromatic rings. The summed E-state index contributed by atoms with van der Waals surface area (Å²) in [7, 11) is 0. The van der Waals surface area contributed by atoms with Crippen LogP contribution in [0.25, 0.3) is 0 Å². The largest absolute Gasteiger partial charge is 0.466 e. The first-order valence-electron chi connectivity index (χ1n) is 34.1. The van der Waals surface area contributed by atoms with Gasteiger partial charge in [0.15, 0.2) is 0 Å². The molecule has 0 heterocycles. The van der Waals surface area contributed by atoms with Gasteiger partial charge in [0.2, 0.25) is 5.91 Å². The Labute approximate surface area is 469 Å². The van der Waals surface area contributed by atoms with Gasteiger partial charge in [-0.25, -0.2) is 0 Å². The summed E-state index contributed by atoms with van der Waals surface area (Å²) in [4.78, 5) is 24.6. The van der Waals surface area contributed by atoms with Crippen LogP contribution in [0.5, 0.6) is 0 Å². The molecule has 2 unspecified atom stereocenters. The van der Waals surface area contributed by atoms with Crippen LogP contribution in [0.2, 0.25) is 0 Å². The third kappa shape index (κ3) is 61.4. The van der Waals surface area contributed by atoms with Gasteiger partial charge in [-0.2, -0.15) is 0 Å². The van der Waals surface area contributed by atoms with Crippen molar-refractivity contribution in [1.29, 1.82) is 0 Å². The highest BCUT2D eigenvalue weighted by Gasteiger charge is 2.20. The first kappa shape index (κ1) is 73.3. The summed E-state index contributed by atoms with van der Waals surface area (Å²) in [5.74, 6) is -0.0267. The number of aliphatic hydroxyl groups excluding tert-OH is 2. The van der Waals surface area contributed by atoms with Crippen LogP contribution in [0.4, 0.5) is 0 Å². The van der Waals surface area contributed by atoms with Crippen LogP contribution < -0.4 is 5.32 Å². The van der Waals surface area contributed by atoms with Crippen molar-refractivity contribution in [2.24, 2.45) is 0 Å². The zero-order valence-corrected chi connectivity index (χ0v) is 50.8. The van der Waals surface area contributed by atoms with Gasteiger partial charge in [-0.1, -0.05) is 334 Å². The van der Waals surface area contributed by atoms with Crippen molar-refractivity contribution in [3.05, 3.63) is 24.3 Å². The Balaban J connectivity index is 3.36. The minimum absolute atomic E-state index is 0.00306. The Hall–Kier alpha value is -1.66. The van der Waals surface area contributed by atoms with Gasteiger partial charge in [0.05, 0.1) is 25.4 Å². The molecular formula is C69H133NO5.